The number of amides is 1. The molecule has 2 aliphatic rings. The summed E-state index contributed by atoms with van der Waals surface area (Å²) in [6, 6.07) is 7.30. The average molecular weight is 589 g/mol. The van der Waals surface area contributed by atoms with Gasteiger partial charge in [-0.1, -0.05) is 42.7 Å². The lowest BCUT2D eigenvalue weighted by Gasteiger charge is -2.35. The van der Waals surface area contributed by atoms with Crippen molar-refractivity contribution in [1.82, 2.24) is 19.9 Å². The Morgan fingerprint density at radius 1 is 1.02 bits per heavy atom. The zero-order valence-electron chi connectivity index (χ0n) is 23.5. The quantitative estimate of drug-likeness (QED) is 0.341. The van der Waals surface area contributed by atoms with E-state index in [0.717, 1.165) is 37.8 Å². The number of alkyl halides is 3. The first kappa shape index (κ1) is 29.1. The molecule has 0 spiro atoms. The van der Waals surface area contributed by atoms with E-state index >= 15 is 0 Å². The lowest BCUT2D eigenvalue weighted by molar-refractivity contribution is -0.137. The van der Waals surface area contributed by atoms with Crippen LogP contribution in [0.5, 0.6) is 0 Å². The second-order valence-electron chi connectivity index (χ2n) is 11.5. The molecule has 1 amide bonds. The van der Waals surface area contributed by atoms with Gasteiger partial charge in [-0.25, -0.2) is 19.7 Å². The van der Waals surface area contributed by atoms with Crippen LogP contribution in [0.15, 0.2) is 36.5 Å². The van der Waals surface area contributed by atoms with Crippen molar-refractivity contribution in [2.75, 3.05) is 36.4 Å². The minimum atomic E-state index is -4.47. The first-order valence-electron chi connectivity index (χ1n) is 14.0. The molecule has 1 saturated heterocycles. The highest BCUT2D eigenvalue weighted by Crippen LogP contribution is 2.41. The van der Waals surface area contributed by atoms with Gasteiger partial charge in [0, 0.05) is 44.0 Å². The van der Waals surface area contributed by atoms with Gasteiger partial charge in [-0.2, -0.15) is 13.2 Å². The number of piperazine rings is 1. The summed E-state index contributed by atoms with van der Waals surface area (Å²) in [6.45, 7) is 7.43. The van der Waals surface area contributed by atoms with Crippen LogP contribution in [0.3, 0.4) is 0 Å². The zero-order chi connectivity index (χ0) is 29.2. The van der Waals surface area contributed by atoms with E-state index in [1.54, 1.807) is 23.2 Å². The van der Waals surface area contributed by atoms with Crippen LogP contribution in [0.1, 0.15) is 58.4 Å². The summed E-state index contributed by atoms with van der Waals surface area (Å²) in [7, 11) is 0. The number of ether oxygens (including phenoxy) is 1. The summed E-state index contributed by atoms with van der Waals surface area (Å²) in [5.41, 5.74) is 0.0874. The van der Waals surface area contributed by atoms with Crippen molar-refractivity contribution >= 4 is 28.5 Å². The van der Waals surface area contributed by atoms with Gasteiger partial charge in [0.05, 0.1) is 21.8 Å². The number of hydrogen-bond acceptors (Lipinski definition) is 8. The molecule has 2 fully saturated rings. The maximum atomic E-state index is 13.6. The molecule has 12 heteroatoms. The van der Waals surface area contributed by atoms with E-state index in [4.69, 9.17) is 14.7 Å². The summed E-state index contributed by atoms with van der Waals surface area (Å²) in [4.78, 5) is 30.9. The van der Waals surface area contributed by atoms with Crippen molar-refractivity contribution in [1.29, 1.82) is 0 Å². The summed E-state index contributed by atoms with van der Waals surface area (Å²) in [6.07, 6.45) is 2.51. The Morgan fingerprint density at radius 3 is 2.44 bits per heavy atom. The van der Waals surface area contributed by atoms with Gasteiger partial charge in [0.25, 0.3) is 0 Å². The summed E-state index contributed by atoms with van der Waals surface area (Å²) >= 11 is 1.38. The minimum absolute atomic E-state index is 0.306. The van der Waals surface area contributed by atoms with Crippen molar-refractivity contribution in [3.05, 3.63) is 42.1 Å². The normalized spacial score (nSPS) is 17.0. The summed E-state index contributed by atoms with van der Waals surface area (Å²) in [5.74, 6) is 0.505. The standard InChI is InChI=1S/C29H35F3N6O2S/c1-28(2,3)40-27(39)38-16-14-37(15-17-38)26-36-23(19-8-7-9-20(18-19)29(30,31)32)24(41-26)22-12-13-33-25(35-22)34-21-10-5-4-6-11-21/h7-9,12-13,18,21H,4-6,10-11,14-17H2,1-3H3,(H,33,34,35). The monoisotopic (exact) mass is 588 g/mol. The second kappa shape index (κ2) is 11.8. The Hall–Kier alpha value is -3.41. The molecule has 0 bridgehead atoms. The van der Waals surface area contributed by atoms with Gasteiger partial charge in [0.15, 0.2) is 5.13 Å². The van der Waals surface area contributed by atoms with Gasteiger partial charge >= 0.3 is 12.3 Å². The molecular weight excluding hydrogens is 553 g/mol. The molecule has 2 aromatic heterocycles. The predicted molar refractivity (Wildman–Crippen MR) is 154 cm³/mol. The van der Waals surface area contributed by atoms with Gasteiger partial charge in [0.1, 0.15) is 5.60 Å². The number of thiazole rings is 1. The fraction of sp³-hybridized carbons (Fsp3) is 0.517. The highest BCUT2D eigenvalue weighted by atomic mass is 32.1. The first-order valence-corrected chi connectivity index (χ1v) is 14.8. The van der Waals surface area contributed by atoms with Crippen LogP contribution >= 0.6 is 11.3 Å². The molecule has 1 aromatic carbocycles. The van der Waals surface area contributed by atoms with Crippen molar-refractivity contribution in [3.63, 3.8) is 0 Å². The molecule has 1 N–H and O–H groups in total. The largest absolute Gasteiger partial charge is 0.444 e. The highest BCUT2D eigenvalue weighted by molar-refractivity contribution is 7.19. The number of nitrogens with zero attached hydrogens (tertiary/aromatic N) is 5. The maximum absolute atomic E-state index is 13.6. The van der Waals surface area contributed by atoms with E-state index in [0.29, 0.717) is 65.1 Å². The van der Waals surface area contributed by atoms with Crippen molar-refractivity contribution in [2.24, 2.45) is 0 Å². The average Bonchev–Trinajstić information content (AvgIpc) is 3.38. The van der Waals surface area contributed by atoms with Crippen LogP contribution in [0.4, 0.5) is 29.0 Å². The van der Waals surface area contributed by atoms with E-state index in [2.05, 4.69) is 15.2 Å². The van der Waals surface area contributed by atoms with Gasteiger partial charge in [-0.3, -0.25) is 0 Å². The molecule has 1 saturated carbocycles. The summed E-state index contributed by atoms with van der Waals surface area (Å²) < 4.78 is 46.3. The Balaban J connectivity index is 1.44. The van der Waals surface area contributed by atoms with Crippen LogP contribution in [0.2, 0.25) is 0 Å². The van der Waals surface area contributed by atoms with Gasteiger partial charge in [-0.05, 0) is 51.8 Å². The topological polar surface area (TPSA) is 83.5 Å². The zero-order valence-corrected chi connectivity index (χ0v) is 24.3. The Kier molecular flexibility index (Phi) is 8.40. The minimum Gasteiger partial charge on any atom is -0.444 e. The third-order valence-corrected chi connectivity index (χ3v) is 8.25. The van der Waals surface area contributed by atoms with E-state index in [9.17, 15) is 18.0 Å². The number of nitrogens with one attached hydrogen (secondary N) is 1. The number of anilines is 2. The van der Waals surface area contributed by atoms with Crippen molar-refractivity contribution < 1.29 is 22.7 Å². The number of halogens is 3. The van der Waals surface area contributed by atoms with Crippen LogP contribution < -0.4 is 10.2 Å². The fourth-order valence-corrected chi connectivity index (χ4v) is 6.16. The summed E-state index contributed by atoms with van der Waals surface area (Å²) in [5, 5.41) is 4.10. The molecular formula is C29H35F3N6O2S. The van der Waals surface area contributed by atoms with Crippen LogP contribution in [-0.4, -0.2) is 63.8 Å². The molecule has 3 heterocycles. The molecule has 220 valence electrons. The van der Waals surface area contributed by atoms with Gasteiger partial charge < -0.3 is 19.9 Å². The molecule has 3 aromatic rings. The lowest BCUT2D eigenvalue weighted by atomic mass is 9.96. The molecule has 1 aliphatic heterocycles. The molecule has 8 nitrogen and oxygen atoms in total. The number of aromatic nitrogens is 3. The van der Waals surface area contributed by atoms with E-state index in [-0.39, 0.29) is 6.09 Å². The van der Waals surface area contributed by atoms with Crippen LogP contribution in [-0.2, 0) is 10.9 Å². The third-order valence-electron chi connectivity index (χ3n) is 7.11. The second-order valence-corrected chi connectivity index (χ2v) is 12.4. The molecule has 0 atom stereocenters. The molecule has 0 unspecified atom stereocenters. The van der Waals surface area contributed by atoms with Crippen molar-refractivity contribution in [2.45, 2.75) is 70.7 Å². The molecule has 0 radical (unpaired) electrons. The number of carbonyl (C=O) groups excluding carboxylic acids is 1. The molecule has 41 heavy (non-hydrogen) atoms. The smallest absolute Gasteiger partial charge is 0.416 e. The number of carbonyl (C=O) groups is 1. The van der Waals surface area contributed by atoms with Crippen LogP contribution in [0.25, 0.3) is 21.8 Å². The SMILES string of the molecule is CC(C)(C)OC(=O)N1CCN(c2nc(-c3cccc(C(F)(F)F)c3)c(-c3ccnc(NC4CCCCC4)n3)s2)CC1. The van der Waals surface area contributed by atoms with E-state index in [1.807, 2.05) is 20.8 Å². The fourth-order valence-electron chi connectivity index (χ4n) is 5.05. The number of benzene rings is 1. The maximum Gasteiger partial charge on any atom is 0.416 e. The molecule has 5 rings (SSSR count). The van der Waals surface area contributed by atoms with E-state index < -0.39 is 17.3 Å². The van der Waals surface area contributed by atoms with E-state index in [1.165, 1.54) is 23.8 Å². The Bertz CT molecular complexity index is 1360. The molecule has 1 aliphatic carbocycles. The van der Waals surface area contributed by atoms with Gasteiger partial charge in [0.2, 0.25) is 5.95 Å². The number of hydrogen-bond donors (Lipinski definition) is 1. The predicted octanol–water partition coefficient (Wildman–Crippen LogP) is 7.09. The lowest BCUT2D eigenvalue weighted by Crippen LogP contribution is -2.50. The Morgan fingerprint density at radius 2 is 1.76 bits per heavy atom. The van der Waals surface area contributed by atoms with Crippen LogP contribution in [0, 0.1) is 0 Å². The van der Waals surface area contributed by atoms with Crippen molar-refractivity contribution in [3.8, 4) is 21.8 Å². The highest BCUT2D eigenvalue weighted by Gasteiger charge is 2.32. The number of rotatable bonds is 5. The van der Waals surface area contributed by atoms with Gasteiger partial charge in [-0.15, -0.1) is 0 Å². The first-order chi connectivity index (χ1) is 19.5. The Labute approximate surface area is 242 Å². The third kappa shape index (κ3) is 7.27.